The third-order valence-electron chi connectivity index (χ3n) is 10.9. The summed E-state index contributed by atoms with van der Waals surface area (Å²) in [5.74, 6) is 1.51. The number of methoxy groups -OCH3 is 4. The molecule has 4 N–H and O–H groups in total. The fourth-order valence-electron chi connectivity index (χ4n) is 7.46. The van der Waals surface area contributed by atoms with Crippen molar-refractivity contribution >= 4 is 57.7 Å². The molecule has 4 amide bonds. The number of nitrogens with one attached hydrogen (secondary N) is 4. The van der Waals surface area contributed by atoms with E-state index >= 15 is 0 Å². The first-order valence-corrected chi connectivity index (χ1v) is 20.2. The number of ether oxygens (including phenoxy) is 4. The van der Waals surface area contributed by atoms with Crippen molar-refractivity contribution in [3.05, 3.63) is 70.7 Å². The zero-order chi connectivity index (χ0) is 42.0. The SMILES string of the molecule is COC(=O)NC(C(=O)N1CSC[C@H]1c1ncc(-c2ccc3oc4cc(-c5cnc([C@@H]6CCCN6C(=O)[C@@H](NC(=O)OC)[C@@H](C)OC)[nH]5)ccc4c(=O)c3c2)[nH]1)[C@@H](C)OC. The molecule has 2 fully saturated rings. The number of fused-ring (bicyclic) bond motifs is 2. The minimum atomic E-state index is -0.964. The summed E-state index contributed by atoms with van der Waals surface area (Å²) in [4.78, 5) is 84.6. The number of nitrogens with zero attached hydrogens (tertiary/aromatic N) is 4. The van der Waals surface area contributed by atoms with Crippen molar-refractivity contribution in [1.29, 1.82) is 0 Å². The first-order valence-electron chi connectivity index (χ1n) is 19.0. The number of benzene rings is 2. The van der Waals surface area contributed by atoms with Gasteiger partial charge in [0.05, 0.1) is 78.9 Å². The van der Waals surface area contributed by atoms with Crippen LogP contribution in [0, 0.1) is 0 Å². The van der Waals surface area contributed by atoms with Crippen molar-refractivity contribution < 1.29 is 42.5 Å². The van der Waals surface area contributed by atoms with Crippen molar-refractivity contribution in [3.63, 3.8) is 0 Å². The number of H-pyrrole nitrogens is 2. The van der Waals surface area contributed by atoms with Gasteiger partial charge >= 0.3 is 12.2 Å². The number of aromatic nitrogens is 4. The van der Waals surface area contributed by atoms with E-state index < -0.39 is 42.5 Å². The summed E-state index contributed by atoms with van der Waals surface area (Å²) in [6, 6.07) is 7.97. The van der Waals surface area contributed by atoms with Crippen molar-refractivity contribution in [1.82, 2.24) is 40.4 Å². The Morgan fingerprint density at radius 2 is 1.36 bits per heavy atom. The summed E-state index contributed by atoms with van der Waals surface area (Å²) >= 11 is 1.56. The number of rotatable bonds is 12. The molecule has 2 aliphatic heterocycles. The Kier molecular flexibility index (Phi) is 12.2. The average Bonchev–Trinajstić information content (AvgIpc) is 4.10. The molecule has 1 unspecified atom stereocenters. The predicted octanol–water partition coefficient (Wildman–Crippen LogP) is 4.48. The molecule has 3 aromatic heterocycles. The number of alkyl carbamates (subject to hydrolysis) is 2. The molecule has 0 aliphatic carbocycles. The lowest BCUT2D eigenvalue weighted by Gasteiger charge is -2.30. The third-order valence-corrected chi connectivity index (χ3v) is 12.0. The standard InChI is InChI=1S/C40H46N8O10S/c1-20(54-3)32(45-39(52)56-5)37(50)47-13-7-8-28(47)35-41-17-27(43-35)23-9-11-24-31(15-23)58-30-12-10-22(14-25(30)34(24)49)26-16-42-36(44-26)29-18-59-19-48(29)38(51)33(21(2)55-4)46-40(53)57-6/h9-12,14-17,20-21,28-29,32-33H,7-8,13,18-19H2,1-6H3,(H,41,43)(H,42,44)(H,45,52)(H,46,53)/t20-,21-,28+,29+,32+,33?/m1/s1. The van der Waals surface area contributed by atoms with E-state index in [4.69, 9.17) is 23.4 Å². The van der Waals surface area contributed by atoms with Crippen LogP contribution in [0.25, 0.3) is 44.5 Å². The molecule has 2 saturated heterocycles. The first-order chi connectivity index (χ1) is 28.5. The fourth-order valence-corrected chi connectivity index (χ4v) is 8.63. The molecule has 312 valence electrons. The molecule has 59 heavy (non-hydrogen) atoms. The Morgan fingerprint density at radius 3 is 1.97 bits per heavy atom. The largest absolute Gasteiger partial charge is 0.456 e. The third kappa shape index (κ3) is 8.22. The summed E-state index contributed by atoms with van der Waals surface area (Å²) in [5, 5.41) is 5.96. The summed E-state index contributed by atoms with van der Waals surface area (Å²) in [6.07, 6.45) is 2.10. The maximum atomic E-state index is 13.9. The maximum Gasteiger partial charge on any atom is 0.407 e. The van der Waals surface area contributed by atoms with Crippen LogP contribution >= 0.6 is 11.8 Å². The highest BCUT2D eigenvalue weighted by atomic mass is 32.2. The van der Waals surface area contributed by atoms with Gasteiger partial charge in [-0.1, -0.05) is 6.07 Å². The summed E-state index contributed by atoms with van der Waals surface area (Å²) in [6.45, 7) is 3.88. The molecule has 0 radical (unpaired) electrons. The minimum Gasteiger partial charge on any atom is -0.456 e. The van der Waals surface area contributed by atoms with Crippen molar-refractivity contribution in [3.8, 4) is 22.5 Å². The van der Waals surface area contributed by atoms with E-state index in [0.29, 0.717) is 75.1 Å². The van der Waals surface area contributed by atoms with Crippen LogP contribution in [0.15, 0.2) is 58.0 Å². The van der Waals surface area contributed by atoms with E-state index in [0.717, 1.165) is 12.0 Å². The lowest BCUT2D eigenvalue weighted by molar-refractivity contribution is -0.138. The fraction of sp³-hybridized carbons (Fsp3) is 0.425. The molecule has 5 heterocycles. The van der Waals surface area contributed by atoms with Gasteiger partial charge in [-0.25, -0.2) is 19.6 Å². The first kappa shape index (κ1) is 41.2. The Morgan fingerprint density at radius 1 is 0.780 bits per heavy atom. The number of carbonyl (C=O) groups is 4. The van der Waals surface area contributed by atoms with Gasteiger partial charge in [-0.2, -0.15) is 0 Å². The monoisotopic (exact) mass is 830 g/mol. The second kappa shape index (κ2) is 17.5. The highest BCUT2D eigenvalue weighted by Crippen LogP contribution is 2.36. The van der Waals surface area contributed by atoms with Gasteiger partial charge in [0.25, 0.3) is 0 Å². The van der Waals surface area contributed by atoms with Crippen LogP contribution < -0.4 is 16.1 Å². The molecule has 2 aliphatic rings. The second-order valence-corrected chi connectivity index (χ2v) is 15.3. The predicted molar refractivity (Wildman–Crippen MR) is 217 cm³/mol. The lowest BCUT2D eigenvalue weighted by atomic mass is 10.1. The Bertz CT molecular complexity index is 2430. The number of amides is 4. The van der Waals surface area contributed by atoms with E-state index in [9.17, 15) is 24.0 Å². The van der Waals surface area contributed by atoms with Crippen molar-refractivity contribution in [2.45, 2.75) is 63.1 Å². The Hall–Kier alpha value is -5.92. The van der Waals surface area contributed by atoms with Crippen LogP contribution in [0.5, 0.6) is 0 Å². The van der Waals surface area contributed by atoms with Crippen LogP contribution in [0.4, 0.5) is 9.59 Å². The molecule has 0 saturated carbocycles. The summed E-state index contributed by atoms with van der Waals surface area (Å²) < 4.78 is 26.5. The van der Waals surface area contributed by atoms with Crippen LogP contribution in [0.2, 0.25) is 0 Å². The van der Waals surface area contributed by atoms with Crippen LogP contribution in [0.3, 0.4) is 0 Å². The molecule has 5 aromatic rings. The van der Waals surface area contributed by atoms with E-state index in [1.54, 1.807) is 72.1 Å². The van der Waals surface area contributed by atoms with E-state index in [1.807, 2.05) is 12.1 Å². The van der Waals surface area contributed by atoms with Crippen molar-refractivity contribution in [2.24, 2.45) is 0 Å². The summed E-state index contributed by atoms with van der Waals surface area (Å²) in [7, 11) is 5.40. The number of aromatic amines is 2. The van der Waals surface area contributed by atoms with Crippen LogP contribution in [-0.4, -0.2) is 125 Å². The van der Waals surface area contributed by atoms with Gasteiger partial charge in [0.2, 0.25) is 17.2 Å². The van der Waals surface area contributed by atoms with Crippen LogP contribution in [-0.2, 0) is 28.5 Å². The number of thioether (sulfide) groups is 1. The molecule has 7 rings (SSSR count). The molecule has 2 aromatic carbocycles. The number of hydrogen-bond acceptors (Lipinski definition) is 13. The molecule has 0 spiro atoms. The number of likely N-dealkylation sites (tertiary alicyclic amines) is 1. The Balaban J connectivity index is 1.10. The zero-order valence-corrected chi connectivity index (χ0v) is 34.2. The van der Waals surface area contributed by atoms with Gasteiger partial charge in [-0.05, 0) is 57.0 Å². The smallest absolute Gasteiger partial charge is 0.407 e. The quantitative estimate of drug-likeness (QED) is 0.128. The van der Waals surface area contributed by atoms with Gasteiger partial charge in [0.1, 0.15) is 34.9 Å². The second-order valence-electron chi connectivity index (χ2n) is 14.3. The van der Waals surface area contributed by atoms with E-state index in [1.165, 1.54) is 28.4 Å². The molecule has 18 nitrogen and oxygen atoms in total. The normalized spacial score (nSPS) is 18.7. The van der Waals surface area contributed by atoms with Gasteiger partial charge < -0.3 is 53.8 Å². The van der Waals surface area contributed by atoms with Gasteiger partial charge in [-0.15, -0.1) is 11.8 Å². The highest BCUT2D eigenvalue weighted by Gasteiger charge is 2.40. The van der Waals surface area contributed by atoms with Gasteiger partial charge in [0, 0.05) is 37.6 Å². The topological polar surface area (TPSA) is 223 Å². The van der Waals surface area contributed by atoms with Crippen LogP contribution in [0.1, 0.15) is 50.4 Å². The Labute approximate surface area is 342 Å². The molecular weight excluding hydrogens is 785 g/mol. The number of hydrogen-bond donors (Lipinski definition) is 4. The zero-order valence-electron chi connectivity index (χ0n) is 33.4. The summed E-state index contributed by atoms with van der Waals surface area (Å²) in [5.41, 5.74) is 3.34. The number of carbonyl (C=O) groups excluding carboxylic acids is 4. The van der Waals surface area contributed by atoms with Gasteiger partial charge in [0.15, 0.2) is 0 Å². The maximum absolute atomic E-state index is 13.9. The molecule has 19 heteroatoms. The lowest BCUT2D eigenvalue weighted by Crippen LogP contribution is -2.54. The minimum absolute atomic E-state index is 0.208. The van der Waals surface area contributed by atoms with Crippen molar-refractivity contribution in [2.75, 3.05) is 46.6 Å². The number of imidazole rings is 2. The molecule has 6 atom stereocenters. The molecular formula is C40H46N8O10S. The van der Waals surface area contributed by atoms with E-state index in [-0.39, 0.29) is 23.3 Å². The average molecular weight is 831 g/mol. The molecule has 0 bridgehead atoms. The highest BCUT2D eigenvalue weighted by molar-refractivity contribution is 7.99. The van der Waals surface area contributed by atoms with Gasteiger partial charge in [-0.3, -0.25) is 14.4 Å². The van der Waals surface area contributed by atoms with E-state index in [2.05, 4.69) is 30.6 Å².